The first kappa shape index (κ1) is 19.0. The lowest BCUT2D eigenvalue weighted by Gasteiger charge is -2.20. The van der Waals surface area contributed by atoms with E-state index in [4.69, 9.17) is 9.84 Å². The molecule has 2 aromatic rings. The highest BCUT2D eigenvalue weighted by Gasteiger charge is 2.16. The summed E-state index contributed by atoms with van der Waals surface area (Å²) in [5.41, 5.74) is 3.97. The number of anilines is 1. The van der Waals surface area contributed by atoms with Gasteiger partial charge in [0.05, 0.1) is 6.61 Å². The summed E-state index contributed by atoms with van der Waals surface area (Å²) in [7, 11) is 0. The number of aliphatic hydroxyl groups is 1. The molecule has 4 nitrogen and oxygen atoms in total. The van der Waals surface area contributed by atoms with E-state index >= 15 is 0 Å². The molecule has 0 aromatic heterocycles. The standard InChI is InChI=1S/C21H27NO3/c1-14(2)18-6-5-7-19(15(3)4)21(18)22-20(24)13-25-17-10-8-16(12-23)9-11-17/h5-11,14-15,23H,12-13H2,1-4H3,(H,22,24). The predicted molar refractivity (Wildman–Crippen MR) is 101 cm³/mol. The number of para-hydroxylation sites is 1. The van der Waals surface area contributed by atoms with Crippen LogP contribution in [0.3, 0.4) is 0 Å². The van der Waals surface area contributed by atoms with Crippen molar-refractivity contribution in [3.8, 4) is 5.75 Å². The molecule has 0 aliphatic heterocycles. The fourth-order valence-electron chi connectivity index (χ4n) is 2.71. The van der Waals surface area contributed by atoms with Gasteiger partial charge in [-0.3, -0.25) is 4.79 Å². The Bertz CT molecular complexity index is 679. The number of carbonyl (C=O) groups excluding carboxylic acids is 1. The third-order valence-corrected chi connectivity index (χ3v) is 4.11. The molecule has 1 amide bonds. The van der Waals surface area contributed by atoms with Crippen molar-refractivity contribution in [1.29, 1.82) is 0 Å². The van der Waals surface area contributed by atoms with Gasteiger partial charge in [-0.2, -0.15) is 0 Å². The van der Waals surface area contributed by atoms with Crippen LogP contribution in [0.4, 0.5) is 5.69 Å². The molecule has 0 heterocycles. The largest absolute Gasteiger partial charge is 0.484 e. The monoisotopic (exact) mass is 341 g/mol. The van der Waals surface area contributed by atoms with Crippen molar-refractivity contribution in [3.05, 3.63) is 59.2 Å². The van der Waals surface area contributed by atoms with Gasteiger partial charge in [-0.05, 0) is 40.7 Å². The van der Waals surface area contributed by atoms with Gasteiger partial charge in [-0.15, -0.1) is 0 Å². The van der Waals surface area contributed by atoms with E-state index in [1.54, 1.807) is 24.3 Å². The summed E-state index contributed by atoms with van der Waals surface area (Å²) in [5, 5.41) is 12.1. The van der Waals surface area contributed by atoms with E-state index in [9.17, 15) is 4.79 Å². The number of aliphatic hydroxyl groups excluding tert-OH is 1. The number of rotatable bonds is 7. The Morgan fingerprint density at radius 1 is 1.00 bits per heavy atom. The molecule has 0 unspecified atom stereocenters. The molecule has 2 N–H and O–H groups in total. The molecular weight excluding hydrogens is 314 g/mol. The molecule has 134 valence electrons. The van der Waals surface area contributed by atoms with Gasteiger partial charge in [-0.1, -0.05) is 58.0 Å². The first-order valence-electron chi connectivity index (χ1n) is 8.67. The Morgan fingerprint density at radius 3 is 2.04 bits per heavy atom. The summed E-state index contributed by atoms with van der Waals surface area (Å²) in [6.45, 7) is 8.42. The Balaban J connectivity index is 2.08. The van der Waals surface area contributed by atoms with Gasteiger partial charge in [0.15, 0.2) is 6.61 Å². The number of hydrogen-bond acceptors (Lipinski definition) is 3. The first-order valence-corrected chi connectivity index (χ1v) is 8.67. The quantitative estimate of drug-likeness (QED) is 0.782. The molecule has 25 heavy (non-hydrogen) atoms. The van der Waals surface area contributed by atoms with Gasteiger partial charge in [-0.25, -0.2) is 0 Å². The molecule has 2 aromatic carbocycles. The number of amides is 1. The van der Waals surface area contributed by atoms with Gasteiger partial charge in [0.1, 0.15) is 5.75 Å². The average Bonchev–Trinajstić information content (AvgIpc) is 2.60. The van der Waals surface area contributed by atoms with E-state index in [-0.39, 0.29) is 19.1 Å². The number of hydrogen-bond donors (Lipinski definition) is 2. The van der Waals surface area contributed by atoms with Gasteiger partial charge < -0.3 is 15.2 Å². The minimum atomic E-state index is -0.179. The molecule has 0 radical (unpaired) electrons. The summed E-state index contributed by atoms with van der Waals surface area (Å²) < 4.78 is 5.55. The summed E-state index contributed by atoms with van der Waals surface area (Å²) in [6.07, 6.45) is 0. The van der Waals surface area contributed by atoms with Crippen LogP contribution in [0.5, 0.6) is 5.75 Å². The van der Waals surface area contributed by atoms with Crippen LogP contribution in [-0.4, -0.2) is 17.6 Å². The van der Waals surface area contributed by atoms with Crippen molar-refractivity contribution in [3.63, 3.8) is 0 Å². The highest BCUT2D eigenvalue weighted by molar-refractivity contribution is 5.93. The maximum absolute atomic E-state index is 12.4. The van der Waals surface area contributed by atoms with Crippen LogP contribution in [0.15, 0.2) is 42.5 Å². The zero-order valence-electron chi connectivity index (χ0n) is 15.4. The number of ether oxygens (including phenoxy) is 1. The van der Waals surface area contributed by atoms with E-state index in [0.717, 1.165) is 22.4 Å². The van der Waals surface area contributed by atoms with Crippen LogP contribution in [0, 0.1) is 0 Å². The molecule has 0 fully saturated rings. The molecule has 0 aliphatic rings. The predicted octanol–water partition coefficient (Wildman–Crippen LogP) is 4.44. The number of carbonyl (C=O) groups is 1. The molecule has 0 aliphatic carbocycles. The SMILES string of the molecule is CC(C)c1cccc(C(C)C)c1NC(=O)COc1ccc(CO)cc1. The third-order valence-electron chi connectivity index (χ3n) is 4.11. The van der Waals surface area contributed by atoms with E-state index in [1.165, 1.54) is 0 Å². The van der Waals surface area contributed by atoms with E-state index < -0.39 is 0 Å². The maximum Gasteiger partial charge on any atom is 0.262 e. The molecule has 0 bridgehead atoms. The van der Waals surface area contributed by atoms with E-state index in [1.807, 2.05) is 6.07 Å². The molecule has 0 saturated heterocycles. The Hall–Kier alpha value is -2.33. The summed E-state index contributed by atoms with van der Waals surface area (Å²) in [6, 6.07) is 13.2. The van der Waals surface area contributed by atoms with Crippen LogP contribution in [0.25, 0.3) is 0 Å². The van der Waals surface area contributed by atoms with Crippen molar-refractivity contribution in [2.75, 3.05) is 11.9 Å². The van der Waals surface area contributed by atoms with Crippen molar-refractivity contribution >= 4 is 11.6 Å². The van der Waals surface area contributed by atoms with Crippen molar-refractivity contribution < 1.29 is 14.6 Å². The molecular formula is C21H27NO3. The normalized spacial score (nSPS) is 11.0. The molecule has 0 saturated carbocycles. The maximum atomic E-state index is 12.4. The lowest BCUT2D eigenvalue weighted by atomic mass is 9.92. The summed E-state index contributed by atoms with van der Waals surface area (Å²) in [4.78, 5) is 12.4. The van der Waals surface area contributed by atoms with Crippen molar-refractivity contribution in [1.82, 2.24) is 0 Å². The Morgan fingerprint density at radius 2 is 1.56 bits per heavy atom. The second-order valence-corrected chi connectivity index (χ2v) is 6.76. The zero-order valence-corrected chi connectivity index (χ0v) is 15.4. The lowest BCUT2D eigenvalue weighted by Crippen LogP contribution is -2.22. The van der Waals surface area contributed by atoms with Crippen LogP contribution in [-0.2, 0) is 11.4 Å². The molecule has 0 atom stereocenters. The fourth-order valence-corrected chi connectivity index (χ4v) is 2.71. The smallest absolute Gasteiger partial charge is 0.262 e. The minimum Gasteiger partial charge on any atom is -0.484 e. The van der Waals surface area contributed by atoms with Crippen LogP contribution in [0.2, 0.25) is 0 Å². The summed E-state index contributed by atoms with van der Waals surface area (Å²) >= 11 is 0. The lowest BCUT2D eigenvalue weighted by molar-refractivity contribution is -0.118. The van der Waals surface area contributed by atoms with Crippen molar-refractivity contribution in [2.45, 2.75) is 46.1 Å². The highest BCUT2D eigenvalue weighted by atomic mass is 16.5. The zero-order chi connectivity index (χ0) is 18.4. The molecule has 4 heteroatoms. The van der Waals surface area contributed by atoms with Gasteiger partial charge in [0.2, 0.25) is 0 Å². The number of nitrogens with one attached hydrogen (secondary N) is 1. The van der Waals surface area contributed by atoms with E-state index in [2.05, 4.69) is 45.1 Å². The second kappa shape index (κ2) is 8.67. The van der Waals surface area contributed by atoms with Crippen LogP contribution in [0.1, 0.15) is 56.2 Å². The van der Waals surface area contributed by atoms with Gasteiger partial charge in [0, 0.05) is 5.69 Å². The van der Waals surface area contributed by atoms with E-state index in [0.29, 0.717) is 17.6 Å². The Kier molecular flexibility index (Phi) is 6.59. The topological polar surface area (TPSA) is 58.6 Å². The minimum absolute atomic E-state index is 0.00920. The third kappa shape index (κ3) is 5.07. The highest BCUT2D eigenvalue weighted by Crippen LogP contribution is 2.32. The van der Waals surface area contributed by atoms with Crippen LogP contribution < -0.4 is 10.1 Å². The number of benzene rings is 2. The average molecular weight is 341 g/mol. The van der Waals surface area contributed by atoms with Gasteiger partial charge >= 0.3 is 0 Å². The van der Waals surface area contributed by atoms with Crippen molar-refractivity contribution in [2.24, 2.45) is 0 Å². The molecule has 0 spiro atoms. The fraction of sp³-hybridized carbons (Fsp3) is 0.381. The van der Waals surface area contributed by atoms with Crippen LogP contribution >= 0.6 is 0 Å². The summed E-state index contributed by atoms with van der Waals surface area (Å²) in [5.74, 6) is 1.07. The second-order valence-electron chi connectivity index (χ2n) is 6.76. The first-order chi connectivity index (χ1) is 11.9. The Labute approximate surface area is 149 Å². The van der Waals surface area contributed by atoms with Gasteiger partial charge in [0.25, 0.3) is 5.91 Å². The molecule has 2 rings (SSSR count).